The summed E-state index contributed by atoms with van der Waals surface area (Å²) in [5.41, 5.74) is 5.45. The molecule has 1 atom stereocenters. The first kappa shape index (κ1) is 18.1. The van der Waals surface area contributed by atoms with Gasteiger partial charge in [0.25, 0.3) is 0 Å². The van der Waals surface area contributed by atoms with E-state index in [2.05, 4.69) is 20.7 Å². The molecule has 0 aliphatic carbocycles. The summed E-state index contributed by atoms with van der Waals surface area (Å²) in [4.78, 5) is 26.0. The fraction of sp³-hybridized carbons (Fsp3) is 0.167. The largest absolute Gasteiger partial charge is 0.481 e. The zero-order valence-corrected chi connectivity index (χ0v) is 14.1. The Balaban J connectivity index is 1.64. The Kier molecular flexibility index (Phi) is 5.41. The maximum absolute atomic E-state index is 11.0. The molecule has 1 heterocycles. The molecule has 0 aliphatic heterocycles. The van der Waals surface area contributed by atoms with Crippen LogP contribution >= 0.6 is 0 Å². The number of benzene rings is 2. The number of aliphatic carboxylic acids is 2. The first-order valence-corrected chi connectivity index (χ1v) is 8.09. The van der Waals surface area contributed by atoms with E-state index >= 15 is 0 Å². The predicted molar refractivity (Wildman–Crippen MR) is 96.2 cm³/mol. The zero-order valence-electron chi connectivity index (χ0n) is 14.1. The number of hydrogen-bond acceptors (Lipinski definition) is 6. The van der Waals surface area contributed by atoms with Crippen molar-refractivity contribution in [2.24, 2.45) is 10.3 Å². The highest BCUT2D eigenvalue weighted by atomic mass is 16.4. The van der Waals surface area contributed by atoms with Crippen LogP contribution in [0.2, 0.25) is 0 Å². The number of rotatable bonds is 8. The van der Waals surface area contributed by atoms with Gasteiger partial charge in [0.15, 0.2) is 11.6 Å². The summed E-state index contributed by atoms with van der Waals surface area (Å²) < 4.78 is 5.69. The lowest BCUT2D eigenvalue weighted by molar-refractivity contribution is -0.139. The lowest BCUT2D eigenvalue weighted by atomic mass is 10.2. The molecule has 2 aromatic carbocycles. The van der Waals surface area contributed by atoms with Crippen LogP contribution in [0.5, 0.6) is 0 Å². The van der Waals surface area contributed by atoms with Crippen LogP contribution in [-0.2, 0) is 9.59 Å². The van der Waals surface area contributed by atoms with Gasteiger partial charge in [0.05, 0.1) is 5.69 Å². The normalized spacial score (nSPS) is 12.3. The second-order valence-corrected chi connectivity index (χ2v) is 5.68. The van der Waals surface area contributed by atoms with Crippen LogP contribution in [0.1, 0.15) is 12.8 Å². The van der Waals surface area contributed by atoms with E-state index in [1.165, 1.54) is 0 Å². The van der Waals surface area contributed by atoms with Gasteiger partial charge in [-0.25, -0.2) is 9.78 Å². The highest BCUT2D eigenvalue weighted by molar-refractivity contribution is 5.76. The molecule has 9 heteroatoms. The maximum atomic E-state index is 11.0. The summed E-state index contributed by atoms with van der Waals surface area (Å²) in [6.45, 7) is 0. The number of anilines is 1. The molecule has 0 saturated heterocycles. The third kappa shape index (κ3) is 4.66. The predicted octanol–water partition coefficient (Wildman–Crippen LogP) is 3.59. The van der Waals surface area contributed by atoms with E-state index in [1.807, 2.05) is 24.3 Å². The Morgan fingerprint density at radius 2 is 1.85 bits per heavy atom. The fourth-order valence-corrected chi connectivity index (χ4v) is 2.33. The van der Waals surface area contributed by atoms with Crippen LogP contribution in [0.3, 0.4) is 0 Å². The monoisotopic (exact) mass is 368 g/mol. The first-order valence-electron chi connectivity index (χ1n) is 8.09. The molecule has 1 aromatic heterocycles. The van der Waals surface area contributed by atoms with Gasteiger partial charge in [0.1, 0.15) is 5.52 Å². The second-order valence-electron chi connectivity index (χ2n) is 5.68. The van der Waals surface area contributed by atoms with Gasteiger partial charge in [0, 0.05) is 12.0 Å². The average molecular weight is 368 g/mol. The Hall–Kier alpha value is -3.75. The minimum Gasteiger partial charge on any atom is -0.481 e. The van der Waals surface area contributed by atoms with Crippen molar-refractivity contribution in [2.75, 3.05) is 5.43 Å². The Bertz CT molecular complexity index is 948. The van der Waals surface area contributed by atoms with Crippen molar-refractivity contribution >= 4 is 28.7 Å². The summed E-state index contributed by atoms with van der Waals surface area (Å²) in [5, 5.41) is 24.9. The van der Waals surface area contributed by atoms with E-state index in [0.717, 1.165) is 11.1 Å². The fourth-order valence-electron chi connectivity index (χ4n) is 2.33. The van der Waals surface area contributed by atoms with Crippen molar-refractivity contribution in [2.45, 2.75) is 18.9 Å². The van der Waals surface area contributed by atoms with E-state index in [9.17, 15) is 9.59 Å². The van der Waals surface area contributed by atoms with Crippen LogP contribution in [0, 0.1) is 0 Å². The van der Waals surface area contributed by atoms with Gasteiger partial charge in [-0.05, 0) is 42.8 Å². The maximum Gasteiger partial charge on any atom is 0.330 e. The molecule has 138 valence electrons. The Labute approximate surface area is 153 Å². The number of nitrogens with one attached hydrogen (secondary N) is 1. The molecule has 1 unspecified atom stereocenters. The standard InChI is InChI=1S/C18H16N4O5/c23-16(24)10-9-14(18(25)26)21-22-20-12-7-5-11(6-8-12)17-19-13-3-1-2-4-15(13)27-17/h1-8,14H,9-10H2,(H,20,21)(H,23,24)(H,25,26). The number of carboxylic acids is 2. The third-order valence-electron chi connectivity index (χ3n) is 3.72. The number of fused-ring (bicyclic) bond motifs is 1. The number of hydrogen-bond donors (Lipinski definition) is 3. The summed E-state index contributed by atoms with van der Waals surface area (Å²) in [6, 6.07) is 13.2. The Morgan fingerprint density at radius 1 is 1.11 bits per heavy atom. The molecular formula is C18H16N4O5. The van der Waals surface area contributed by atoms with Crippen molar-refractivity contribution < 1.29 is 24.2 Å². The molecule has 0 spiro atoms. The van der Waals surface area contributed by atoms with Crippen molar-refractivity contribution in [3.63, 3.8) is 0 Å². The molecule has 0 aliphatic rings. The van der Waals surface area contributed by atoms with Crippen molar-refractivity contribution in [3.05, 3.63) is 48.5 Å². The lowest BCUT2D eigenvalue weighted by Crippen LogP contribution is -2.19. The highest BCUT2D eigenvalue weighted by Crippen LogP contribution is 2.25. The van der Waals surface area contributed by atoms with E-state index in [0.29, 0.717) is 17.2 Å². The van der Waals surface area contributed by atoms with Crippen LogP contribution in [-0.4, -0.2) is 33.2 Å². The topological polar surface area (TPSA) is 137 Å². The molecule has 27 heavy (non-hydrogen) atoms. The van der Waals surface area contributed by atoms with Gasteiger partial charge in [-0.1, -0.05) is 17.4 Å². The number of nitrogens with zero attached hydrogens (tertiary/aromatic N) is 3. The minimum atomic E-state index is -1.23. The molecule has 0 bridgehead atoms. The van der Waals surface area contributed by atoms with Gasteiger partial charge < -0.3 is 14.6 Å². The summed E-state index contributed by atoms with van der Waals surface area (Å²) in [7, 11) is 0. The molecule has 0 saturated carbocycles. The smallest absolute Gasteiger partial charge is 0.330 e. The van der Waals surface area contributed by atoms with Gasteiger partial charge in [-0.3, -0.25) is 10.2 Å². The Morgan fingerprint density at radius 3 is 2.52 bits per heavy atom. The van der Waals surface area contributed by atoms with Crippen molar-refractivity contribution in [1.29, 1.82) is 0 Å². The van der Waals surface area contributed by atoms with E-state index in [4.69, 9.17) is 14.6 Å². The average Bonchev–Trinajstić information content (AvgIpc) is 3.08. The summed E-state index contributed by atoms with van der Waals surface area (Å²) >= 11 is 0. The molecular weight excluding hydrogens is 352 g/mol. The number of carbonyl (C=O) groups is 2. The molecule has 3 N–H and O–H groups in total. The van der Waals surface area contributed by atoms with Crippen LogP contribution in [0.15, 0.2) is 63.3 Å². The van der Waals surface area contributed by atoms with Crippen molar-refractivity contribution in [1.82, 2.24) is 4.98 Å². The third-order valence-corrected chi connectivity index (χ3v) is 3.72. The first-order chi connectivity index (χ1) is 13.0. The number of aromatic nitrogens is 1. The minimum absolute atomic E-state index is 0.132. The van der Waals surface area contributed by atoms with E-state index < -0.39 is 18.0 Å². The molecule has 3 aromatic rings. The zero-order chi connectivity index (χ0) is 19.2. The second kappa shape index (κ2) is 8.09. The molecule has 3 rings (SSSR count). The van der Waals surface area contributed by atoms with Crippen LogP contribution in [0.4, 0.5) is 5.69 Å². The van der Waals surface area contributed by atoms with Crippen molar-refractivity contribution in [3.8, 4) is 11.5 Å². The molecule has 0 fully saturated rings. The van der Waals surface area contributed by atoms with Gasteiger partial charge in [-0.15, -0.1) is 0 Å². The SMILES string of the molecule is O=C(O)CCC(N=NNc1ccc(-c2nc3ccccc3o2)cc1)C(=O)O. The van der Waals surface area contributed by atoms with Gasteiger partial charge >= 0.3 is 11.9 Å². The summed E-state index contributed by atoms with van der Waals surface area (Å²) in [6.07, 6.45) is -0.429. The van der Waals surface area contributed by atoms with Gasteiger partial charge in [0.2, 0.25) is 5.89 Å². The van der Waals surface area contributed by atoms with E-state index in [-0.39, 0.29) is 12.8 Å². The molecule has 0 amide bonds. The van der Waals surface area contributed by atoms with Crippen LogP contribution < -0.4 is 5.43 Å². The summed E-state index contributed by atoms with van der Waals surface area (Å²) in [5.74, 6) is -1.82. The number of carboxylic acid groups (broad SMARTS) is 2. The van der Waals surface area contributed by atoms with Gasteiger partial charge in [-0.2, -0.15) is 5.11 Å². The van der Waals surface area contributed by atoms with Crippen LogP contribution in [0.25, 0.3) is 22.6 Å². The van der Waals surface area contributed by atoms with E-state index in [1.54, 1.807) is 24.3 Å². The number of para-hydroxylation sites is 2. The molecule has 0 radical (unpaired) electrons. The highest BCUT2D eigenvalue weighted by Gasteiger charge is 2.17. The molecule has 9 nitrogen and oxygen atoms in total. The lowest BCUT2D eigenvalue weighted by Gasteiger charge is -2.04. The number of oxazole rings is 1. The quantitative estimate of drug-likeness (QED) is 0.408.